The number of carbonyl (C=O) groups excluding carboxylic acids is 3. The van der Waals surface area contributed by atoms with Gasteiger partial charge < -0.3 is 14.4 Å². The molecular weight excluding hydrogens is 502 g/mol. The van der Waals surface area contributed by atoms with Crippen molar-refractivity contribution in [1.29, 1.82) is 0 Å². The molecule has 3 aromatic carbocycles. The van der Waals surface area contributed by atoms with Crippen LogP contribution in [0.15, 0.2) is 84.9 Å². The molecule has 0 radical (unpaired) electrons. The molecule has 1 saturated heterocycles. The number of ether oxygens (including phenoxy) is 2. The maximum absolute atomic E-state index is 13.2. The van der Waals surface area contributed by atoms with Gasteiger partial charge in [-0.05, 0) is 16.7 Å². The molecule has 1 aliphatic rings. The summed E-state index contributed by atoms with van der Waals surface area (Å²) in [4.78, 5) is 52.4. The van der Waals surface area contributed by atoms with E-state index in [2.05, 4.69) is 0 Å². The fourth-order valence-corrected chi connectivity index (χ4v) is 4.29. The van der Waals surface area contributed by atoms with E-state index in [1.807, 2.05) is 60.7 Å². The van der Waals surface area contributed by atoms with Gasteiger partial charge >= 0.3 is 11.9 Å². The third-order valence-electron chi connectivity index (χ3n) is 6.38. The Kier molecular flexibility index (Phi) is 9.36. The zero-order valence-corrected chi connectivity index (χ0v) is 21.3. The topological polar surface area (TPSA) is 119 Å². The van der Waals surface area contributed by atoms with E-state index in [1.54, 1.807) is 17.0 Å². The summed E-state index contributed by atoms with van der Waals surface area (Å²) in [5, 5.41) is 11.0. The number of nitrogens with zero attached hydrogens (tertiary/aromatic N) is 3. The van der Waals surface area contributed by atoms with Crippen molar-refractivity contribution in [3.63, 3.8) is 0 Å². The van der Waals surface area contributed by atoms with Crippen molar-refractivity contribution in [2.75, 3.05) is 26.2 Å². The van der Waals surface area contributed by atoms with E-state index in [4.69, 9.17) is 9.47 Å². The molecular formula is C29H29N3O7. The van der Waals surface area contributed by atoms with Gasteiger partial charge in [0.05, 0.1) is 18.0 Å². The molecule has 202 valence electrons. The van der Waals surface area contributed by atoms with E-state index in [9.17, 15) is 24.5 Å². The number of carbonyl (C=O) groups is 3. The fourth-order valence-electron chi connectivity index (χ4n) is 4.29. The standard InChI is InChI=1S/C29H29N3O7/c33-27-18-30(19-28(34)38-20-23-7-3-1-4-8-23)15-16-31(27)26(17-22-11-13-25(14-12-22)32(36)37)29(35)39-21-24-9-5-2-6-10-24/h1-14,26H,15-21H2/t26-/m0/s1. The van der Waals surface area contributed by atoms with Gasteiger partial charge in [0.2, 0.25) is 5.91 Å². The van der Waals surface area contributed by atoms with Crippen molar-refractivity contribution in [2.45, 2.75) is 25.7 Å². The Morgan fingerprint density at radius 3 is 1.97 bits per heavy atom. The van der Waals surface area contributed by atoms with E-state index >= 15 is 0 Å². The lowest BCUT2D eigenvalue weighted by Crippen LogP contribution is -2.57. The second-order valence-electron chi connectivity index (χ2n) is 9.18. The highest BCUT2D eigenvalue weighted by Gasteiger charge is 2.35. The number of benzene rings is 3. The van der Waals surface area contributed by atoms with Gasteiger partial charge in [0.15, 0.2) is 0 Å². The van der Waals surface area contributed by atoms with Crippen molar-refractivity contribution in [1.82, 2.24) is 9.80 Å². The number of nitro groups is 1. The van der Waals surface area contributed by atoms with Gasteiger partial charge in [0, 0.05) is 31.6 Å². The third-order valence-corrected chi connectivity index (χ3v) is 6.38. The molecule has 0 aromatic heterocycles. The number of hydrogen-bond donors (Lipinski definition) is 0. The maximum Gasteiger partial charge on any atom is 0.329 e. The molecule has 1 fully saturated rings. The highest BCUT2D eigenvalue weighted by Crippen LogP contribution is 2.19. The van der Waals surface area contributed by atoms with Crippen molar-refractivity contribution < 1.29 is 28.8 Å². The molecule has 3 aromatic rings. The Hall–Kier alpha value is -4.57. The average molecular weight is 532 g/mol. The Morgan fingerprint density at radius 2 is 1.41 bits per heavy atom. The summed E-state index contributed by atoms with van der Waals surface area (Å²) in [6, 6.07) is 23.5. The number of amides is 1. The van der Waals surface area contributed by atoms with Crippen LogP contribution >= 0.6 is 0 Å². The average Bonchev–Trinajstić information content (AvgIpc) is 2.95. The van der Waals surface area contributed by atoms with Crippen LogP contribution in [-0.4, -0.2) is 64.8 Å². The number of rotatable bonds is 11. The van der Waals surface area contributed by atoms with Gasteiger partial charge in [-0.1, -0.05) is 72.8 Å². The lowest BCUT2D eigenvalue weighted by atomic mass is 10.0. The predicted octanol–water partition coefficient (Wildman–Crippen LogP) is 3.14. The summed E-state index contributed by atoms with van der Waals surface area (Å²) in [5.74, 6) is -1.33. The predicted molar refractivity (Wildman–Crippen MR) is 141 cm³/mol. The molecule has 4 rings (SSSR count). The van der Waals surface area contributed by atoms with Crippen LogP contribution in [0.1, 0.15) is 16.7 Å². The van der Waals surface area contributed by atoms with Crippen LogP contribution in [0.5, 0.6) is 0 Å². The van der Waals surface area contributed by atoms with Gasteiger partial charge in [-0.3, -0.25) is 24.6 Å². The first-order chi connectivity index (χ1) is 18.9. The van der Waals surface area contributed by atoms with E-state index in [0.29, 0.717) is 12.1 Å². The van der Waals surface area contributed by atoms with Crippen LogP contribution in [0.25, 0.3) is 0 Å². The minimum atomic E-state index is -0.921. The minimum Gasteiger partial charge on any atom is -0.460 e. The van der Waals surface area contributed by atoms with Gasteiger partial charge in [-0.25, -0.2) is 4.79 Å². The van der Waals surface area contributed by atoms with Crippen molar-refractivity contribution in [2.24, 2.45) is 0 Å². The lowest BCUT2D eigenvalue weighted by molar-refractivity contribution is -0.384. The van der Waals surface area contributed by atoms with Gasteiger partial charge in [0.25, 0.3) is 5.69 Å². The monoisotopic (exact) mass is 531 g/mol. The second kappa shape index (κ2) is 13.3. The molecule has 1 atom stereocenters. The third kappa shape index (κ3) is 7.96. The van der Waals surface area contributed by atoms with Gasteiger partial charge in [0.1, 0.15) is 19.3 Å². The zero-order valence-electron chi connectivity index (χ0n) is 21.3. The van der Waals surface area contributed by atoms with Crippen LogP contribution in [-0.2, 0) is 43.5 Å². The van der Waals surface area contributed by atoms with Crippen molar-refractivity contribution in [3.05, 3.63) is 112 Å². The first kappa shape index (κ1) is 27.5. The Labute approximate surface area is 225 Å². The molecule has 0 aliphatic carbocycles. The minimum absolute atomic E-state index is 0.0438. The molecule has 0 saturated carbocycles. The lowest BCUT2D eigenvalue weighted by Gasteiger charge is -2.37. The zero-order chi connectivity index (χ0) is 27.6. The highest BCUT2D eigenvalue weighted by molar-refractivity contribution is 5.87. The molecule has 39 heavy (non-hydrogen) atoms. The first-order valence-electron chi connectivity index (χ1n) is 12.5. The molecule has 1 aliphatic heterocycles. The number of non-ortho nitro benzene ring substituents is 1. The van der Waals surface area contributed by atoms with Gasteiger partial charge in [-0.2, -0.15) is 0 Å². The largest absolute Gasteiger partial charge is 0.460 e. The van der Waals surface area contributed by atoms with Crippen LogP contribution in [0.4, 0.5) is 5.69 Å². The second-order valence-corrected chi connectivity index (χ2v) is 9.18. The van der Waals surface area contributed by atoms with Crippen molar-refractivity contribution in [3.8, 4) is 0 Å². The Bertz CT molecular complexity index is 1280. The summed E-state index contributed by atoms with van der Waals surface area (Å²) < 4.78 is 10.9. The molecule has 0 spiro atoms. The first-order valence-corrected chi connectivity index (χ1v) is 12.5. The fraction of sp³-hybridized carbons (Fsp3) is 0.276. The normalized spacial score (nSPS) is 14.5. The highest BCUT2D eigenvalue weighted by atomic mass is 16.6. The molecule has 0 N–H and O–H groups in total. The quantitative estimate of drug-likeness (QED) is 0.210. The number of piperazine rings is 1. The SMILES string of the molecule is O=C(CN1CCN([C@@H](Cc2ccc([N+](=O)[O-])cc2)C(=O)OCc2ccccc2)C(=O)C1)OCc1ccccc1. The number of nitro benzene ring substituents is 1. The summed E-state index contributed by atoms with van der Waals surface area (Å²) in [5.41, 5.74) is 2.27. The number of esters is 2. The van der Waals surface area contributed by atoms with E-state index in [-0.39, 0.29) is 50.9 Å². The maximum atomic E-state index is 13.2. The van der Waals surface area contributed by atoms with Crippen LogP contribution in [0.3, 0.4) is 0 Å². The van der Waals surface area contributed by atoms with Crippen LogP contribution < -0.4 is 0 Å². The number of hydrogen-bond acceptors (Lipinski definition) is 8. The van der Waals surface area contributed by atoms with E-state index in [1.165, 1.54) is 17.0 Å². The molecule has 1 heterocycles. The van der Waals surface area contributed by atoms with Crippen LogP contribution in [0, 0.1) is 10.1 Å². The molecule has 0 bridgehead atoms. The molecule has 10 heteroatoms. The summed E-state index contributed by atoms with van der Waals surface area (Å²) in [7, 11) is 0. The Morgan fingerprint density at radius 1 is 0.821 bits per heavy atom. The van der Waals surface area contributed by atoms with E-state index < -0.39 is 22.9 Å². The molecule has 0 unspecified atom stereocenters. The molecule has 10 nitrogen and oxygen atoms in total. The van der Waals surface area contributed by atoms with E-state index in [0.717, 1.165) is 11.1 Å². The van der Waals surface area contributed by atoms with Crippen LogP contribution in [0.2, 0.25) is 0 Å². The summed E-state index contributed by atoms with van der Waals surface area (Å²) in [6.07, 6.45) is 0.135. The van der Waals surface area contributed by atoms with Gasteiger partial charge in [-0.15, -0.1) is 0 Å². The van der Waals surface area contributed by atoms with Crippen molar-refractivity contribution >= 4 is 23.5 Å². The smallest absolute Gasteiger partial charge is 0.329 e. The summed E-state index contributed by atoms with van der Waals surface area (Å²) in [6.45, 7) is 0.689. The molecule has 1 amide bonds. The Balaban J connectivity index is 1.39. The summed E-state index contributed by atoms with van der Waals surface area (Å²) >= 11 is 0.